The molecule has 0 aliphatic heterocycles. The van der Waals surface area contributed by atoms with Crippen molar-refractivity contribution in [3.05, 3.63) is 65.2 Å². The van der Waals surface area contributed by atoms with E-state index in [1.807, 2.05) is 0 Å². The van der Waals surface area contributed by atoms with Gasteiger partial charge in [-0.2, -0.15) is 0 Å². The first-order valence-corrected chi connectivity index (χ1v) is 9.28. The Morgan fingerprint density at radius 1 is 1.10 bits per heavy atom. The van der Waals surface area contributed by atoms with Crippen molar-refractivity contribution >= 4 is 19.0 Å². The number of carbonyl (C=O) groups excluding carboxylic acids is 1. The molecule has 0 heterocycles. The molecule has 1 atom stereocenters. The fraction of sp³-hybridized carbons (Fsp3) is 0.300. The molecule has 2 aromatic carbocycles. The van der Waals surface area contributed by atoms with Crippen molar-refractivity contribution in [1.82, 2.24) is 5.32 Å². The van der Waals surface area contributed by atoms with E-state index in [4.69, 9.17) is 15.6 Å². The zero-order valence-corrected chi connectivity index (χ0v) is 16.0. The Bertz CT molecular complexity index is 830. The van der Waals surface area contributed by atoms with Crippen molar-refractivity contribution in [3.63, 3.8) is 0 Å². The predicted molar refractivity (Wildman–Crippen MR) is 109 cm³/mol. The number of hydrogen-bond donors (Lipinski definition) is 5. The lowest BCUT2D eigenvalue weighted by atomic mass is 9.75. The van der Waals surface area contributed by atoms with Gasteiger partial charge in [-0.05, 0) is 54.8 Å². The Kier molecular flexibility index (Phi) is 8.66. The number of carboxylic acids is 1. The van der Waals surface area contributed by atoms with Crippen molar-refractivity contribution < 1.29 is 29.5 Å². The van der Waals surface area contributed by atoms with Crippen LogP contribution in [0.25, 0.3) is 0 Å². The molecular formula is C20H25BN2O6. The Morgan fingerprint density at radius 3 is 2.52 bits per heavy atom. The molecule has 0 spiro atoms. The molecule has 0 aliphatic carbocycles. The van der Waals surface area contributed by atoms with E-state index < -0.39 is 24.9 Å². The molecule has 8 nitrogen and oxygen atoms in total. The predicted octanol–water partition coefficient (Wildman–Crippen LogP) is 0.394. The minimum atomic E-state index is -1.79. The molecule has 0 radical (unpaired) electrons. The second-order valence-electron chi connectivity index (χ2n) is 6.61. The maximum Gasteiger partial charge on any atom is 0.475 e. The number of ether oxygens (including phenoxy) is 1. The largest absolute Gasteiger partial charge is 0.494 e. The van der Waals surface area contributed by atoms with Crippen LogP contribution in [0.5, 0.6) is 5.75 Å². The standard InChI is InChI=1S/C20H25BN2O6/c22-8-3-9-29-17-7-2-5-15(11-17)13-19(24)23-18(21(27)28)12-14-4-1-6-16(10-14)20(25)26/h1-2,4-7,10-11,18,27-28H,3,8-9,12-13,22H2,(H,23,24)(H,25,26). The average Bonchev–Trinajstić information content (AvgIpc) is 2.68. The fourth-order valence-electron chi connectivity index (χ4n) is 2.78. The van der Waals surface area contributed by atoms with Crippen molar-refractivity contribution in [2.75, 3.05) is 13.2 Å². The highest BCUT2D eigenvalue weighted by molar-refractivity contribution is 6.43. The molecule has 0 aliphatic rings. The summed E-state index contributed by atoms with van der Waals surface area (Å²) in [6.45, 7) is 1.02. The Balaban J connectivity index is 1.98. The molecule has 0 fully saturated rings. The quantitative estimate of drug-likeness (QED) is 0.271. The summed E-state index contributed by atoms with van der Waals surface area (Å²) in [5, 5.41) is 30.9. The van der Waals surface area contributed by atoms with Gasteiger partial charge in [-0.1, -0.05) is 24.3 Å². The van der Waals surface area contributed by atoms with Crippen molar-refractivity contribution in [2.45, 2.75) is 25.2 Å². The number of rotatable bonds is 11. The average molecular weight is 400 g/mol. The molecule has 29 heavy (non-hydrogen) atoms. The van der Waals surface area contributed by atoms with E-state index in [-0.39, 0.29) is 18.4 Å². The van der Waals surface area contributed by atoms with Crippen LogP contribution in [-0.2, 0) is 17.6 Å². The van der Waals surface area contributed by atoms with Crippen molar-refractivity contribution in [2.24, 2.45) is 5.73 Å². The zero-order chi connectivity index (χ0) is 21.2. The maximum absolute atomic E-state index is 12.4. The summed E-state index contributed by atoms with van der Waals surface area (Å²) in [5.41, 5.74) is 6.81. The van der Waals surface area contributed by atoms with Gasteiger partial charge in [-0.15, -0.1) is 0 Å². The Labute approximate surface area is 169 Å². The first-order valence-electron chi connectivity index (χ1n) is 9.28. The van der Waals surface area contributed by atoms with Crippen LogP contribution in [0.2, 0.25) is 0 Å². The molecule has 0 saturated carbocycles. The number of nitrogens with one attached hydrogen (secondary N) is 1. The third-order valence-corrected chi connectivity index (χ3v) is 4.22. The van der Waals surface area contributed by atoms with Gasteiger partial charge in [0.05, 0.1) is 24.5 Å². The summed E-state index contributed by atoms with van der Waals surface area (Å²) in [4.78, 5) is 23.5. The summed E-state index contributed by atoms with van der Waals surface area (Å²) in [6, 6.07) is 13.2. The molecule has 1 unspecified atom stereocenters. The highest BCUT2D eigenvalue weighted by atomic mass is 16.5. The first-order chi connectivity index (χ1) is 13.9. The summed E-state index contributed by atoms with van der Waals surface area (Å²) < 4.78 is 5.56. The van der Waals surface area contributed by atoms with E-state index in [0.717, 1.165) is 6.42 Å². The summed E-state index contributed by atoms with van der Waals surface area (Å²) in [7, 11) is -1.79. The number of carboxylic acid groups (broad SMARTS) is 1. The minimum Gasteiger partial charge on any atom is -0.494 e. The van der Waals surface area contributed by atoms with E-state index in [9.17, 15) is 19.6 Å². The van der Waals surface area contributed by atoms with Gasteiger partial charge in [0.25, 0.3) is 0 Å². The van der Waals surface area contributed by atoms with Crippen LogP contribution in [0.3, 0.4) is 0 Å². The third kappa shape index (κ3) is 7.57. The fourth-order valence-corrected chi connectivity index (χ4v) is 2.78. The summed E-state index contributed by atoms with van der Waals surface area (Å²) >= 11 is 0. The van der Waals surface area contributed by atoms with Crippen LogP contribution in [0.4, 0.5) is 0 Å². The summed E-state index contributed by atoms with van der Waals surface area (Å²) in [5.74, 6) is -1.81. The number of hydrogen-bond acceptors (Lipinski definition) is 6. The lowest BCUT2D eigenvalue weighted by Crippen LogP contribution is -2.48. The van der Waals surface area contributed by atoms with Gasteiger partial charge in [0.15, 0.2) is 0 Å². The second kappa shape index (κ2) is 11.2. The molecule has 2 aromatic rings. The second-order valence-corrected chi connectivity index (χ2v) is 6.61. The number of aromatic carboxylic acids is 1. The third-order valence-electron chi connectivity index (χ3n) is 4.22. The van der Waals surface area contributed by atoms with Gasteiger partial charge < -0.3 is 30.9 Å². The van der Waals surface area contributed by atoms with Crippen LogP contribution in [0, 0.1) is 0 Å². The van der Waals surface area contributed by atoms with Crippen molar-refractivity contribution in [3.8, 4) is 5.75 Å². The normalized spacial score (nSPS) is 11.6. The van der Waals surface area contributed by atoms with E-state index >= 15 is 0 Å². The topological polar surface area (TPSA) is 142 Å². The molecule has 9 heteroatoms. The first kappa shape index (κ1) is 22.4. The van der Waals surface area contributed by atoms with Gasteiger partial charge in [0, 0.05) is 0 Å². The van der Waals surface area contributed by atoms with E-state index in [0.29, 0.717) is 30.0 Å². The lowest BCUT2D eigenvalue weighted by molar-refractivity contribution is -0.120. The van der Waals surface area contributed by atoms with E-state index in [1.165, 1.54) is 12.1 Å². The molecule has 6 N–H and O–H groups in total. The van der Waals surface area contributed by atoms with Gasteiger partial charge >= 0.3 is 13.1 Å². The minimum absolute atomic E-state index is 0.0342. The van der Waals surface area contributed by atoms with E-state index in [2.05, 4.69) is 5.32 Å². The van der Waals surface area contributed by atoms with Crippen LogP contribution >= 0.6 is 0 Å². The SMILES string of the molecule is NCCCOc1cccc(CC(=O)NC(Cc2cccc(C(=O)O)c2)B(O)O)c1. The smallest absolute Gasteiger partial charge is 0.475 e. The maximum atomic E-state index is 12.4. The van der Waals surface area contributed by atoms with Crippen LogP contribution < -0.4 is 15.8 Å². The van der Waals surface area contributed by atoms with Gasteiger partial charge in [0.1, 0.15) is 5.75 Å². The van der Waals surface area contributed by atoms with Crippen LogP contribution in [-0.4, -0.2) is 53.2 Å². The van der Waals surface area contributed by atoms with Crippen LogP contribution in [0.1, 0.15) is 27.9 Å². The molecule has 0 saturated heterocycles. The molecule has 2 rings (SSSR count). The monoisotopic (exact) mass is 400 g/mol. The molecule has 154 valence electrons. The Hall–Kier alpha value is -2.88. The lowest BCUT2D eigenvalue weighted by Gasteiger charge is -2.18. The van der Waals surface area contributed by atoms with E-state index in [1.54, 1.807) is 36.4 Å². The zero-order valence-electron chi connectivity index (χ0n) is 16.0. The number of amides is 1. The van der Waals surface area contributed by atoms with Crippen molar-refractivity contribution in [1.29, 1.82) is 0 Å². The van der Waals surface area contributed by atoms with Gasteiger partial charge in [0.2, 0.25) is 5.91 Å². The van der Waals surface area contributed by atoms with Gasteiger partial charge in [-0.25, -0.2) is 4.79 Å². The highest BCUT2D eigenvalue weighted by Crippen LogP contribution is 2.14. The molecule has 0 aromatic heterocycles. The van der Waals surface area contributed by atoms with Crippen LogP contribution in [0.15, 0.2) is 48.5 Å². The van der Waals surface area contributed by atoms with Gasteiger partial charge in [-0.3, -0.25) is 4.79 Å². The number of carbonyl (C=O) groups is 2. The molecule has 1 amide bonds. The number of nitrogens with two attached hydrogens (primary N) is 1. The summed E-state index contributed by atoms with van der Waals surface area (Å²) in [6.07, 6.45) is 0.836. The molecule has 0 bridgehead atoms. The highest BCUT2D eigenvalue weighted by Gasteiger charge is 2.26. The molecular weight excluding hydrogens is 375 g/mol. The Morgan fingerprint density at radius 2 is 1.83 bits per heavy atom. The number of benzene rings is 2.